The maximum atomic E-state index is 12.6. The topological polar surface area (TPSA) is 84.2 Å². The number of tetrazole rings is 1. The molecule has 2 aliphatic heterocycles. The molecule has 23 heavy (non-hydrogen) atoms. The van der Waals surface area contributed by atoms with Crippen molar-refractivity contribution in [1.82, 2.24) is 30.0 Å². The van der Waals surface area contributed by atoms with Gasteiger partial charge in [0.25, 0.3) is 0 Å². The number of likely N-dealkylation sites (tertiary alicyclic amines) is 2. The number of hydrogen-bond acceptors (Lipinski definition) is 5. The molecule has 8 heteroatoms. The summed E-state index contributed by atoms with van der Waals surface area (Å²) >= 11 is 0. The fourth-order valence-corrected chi connectivity index (χ4v) is 3.66. The Morgan fingerprint density at radius 3 is 2.74 bits per heavy atom. The molecule has 3 rings (SSSR count). The normalized spacial score (nSPS) is 24.2. The first-order chi connectivity index (χ1) is 11.1. The van der Waals surface area contributed by atoms with Gasteiger partial charge in [-0.2, -0.15) is 0 Å². The summed E-state index contributed by atoms with van der Waals surface area (Å²) in [5.41, 5.74) is -0.324. The highest BCUT2D eigenvalue weighted by Gasteiger charge is 2.51. The highest BCUT2D eigenvalue weighted by molar-refractivity contribution is 5.87. The van der Waals surface area contributed by atoms with Crippen LogP contribution in [0.1, 0.15) is 38.4 Å². The van der Waals surface area contributed by atoms with Gasteiger partial charge in [0, 0.05) is 32.6 Å². The van der Waals surface area contributed by atoms with Crippen LogP contribution in [0.25, 0.3) is 0 Å². The molecule has 0 N–H and O–H groups in total. The van der Waals surface area contributed by atoms with Gasteiger partial charge in [0.15, 0.2) is 0 Å². The maximum absolute atomic E-state index is 12.6. The molecule has 1 spiro atoms. The fourth-order valence-electron chi connectivity index (χ4n) is 3.66. The van der Waals surface area contributed by atoms with Crippen LogP contribution in [0, 0.1) is 12.3 Å². The average Bonchev–Trinajstić information content (AvgIpc) is 3.22. The van der Waals surface area contributed by atoms with Crippen LogP contribution in [-0.2, 0) is 16.1 Å². The lowest BCUT2D eigenvalue weighted by Gasteiger charge is -2.23. The molecule has 2 amide bonds. The van der Waals surface area contributed by atoms with Gasteiger partial charge >= 0.3 is 0 Å². The van der Waals surface area contributed by atoms with Crippen molar-refractivity contribution in [3.8, 4) is 0 Å². The summed E-state index contributed by atoms with van der Waals surface area (Å²) in [6.45, 7) is 7.29. The lowest BCUT2D eigenvalue weighted by molar-refractivity contribution is -0.136. The zero-order valence-electron chi connectivity index (χ0n) is 13.9. The van der Waals surface area contributed by atoms with Crippen LogP contribution in [-0.4, -0.2) is 68.0 Å². The van der Waals surface area contributed by atoms with E-state index in [4.69, 9.17) is 0 Å². The summed E-state index contributed by atoms with van der Waals surface area (Å²) in [5, 5.41) is 11.2. The van der Waals surface area contributed by atoms with E-state index in [1.165, 1.54) is 0 Å². The van der Waals surface area contributed by atoms with Crippen LogP contribution >= 0.6 is 0 Å². The van der Waals surface area contributed by atoms with Crippen molar-refractivity contribution >= 4 is 11.8 Å². The van der Waals surface area contributed by atoms with Crippen molar-refractivity contribution in [3.63, 3.8) is 0 Å². The zero-order chi connectivity index (χ0) is 16.4. The number of aryl methyl sites for hydroxylation is 2. The van der Waals surface area contributed by atoms with Gasteiger partial charge < -0.3 is 9.80 Å². The smallest absolute Gasteiger partial charge is 0.230 e. The van der Waals surface area contributed by atoms with Gasteiger partial charge in [-0.15, -0.1) is 5.10 Å². The standard InChI is InChI=1S/C15H24N6O2/c1-3-7-19-9-5-15(14(19)23)6-10-20(11-15)13(22)4-8-21-12(2)16-17-18-21/h3-11H2,1-2H3. The first-order valence-electron chi connectivity index (χ1n) is 8.36. The van der Waals surface area contributed by atoms with Crippen LogP contribution in [0.5, 0.6) is 0 Å². The summed E-state index contributed by atoms with van der Waals surface area (Å²) in [5.74, 6) is 1.03. The Kier molecular flexibility index (Phi) is 4.32. The van der Waals surface area contributed by atoms with E-state index in [1.54, 1.807) is 4.68 Å². The number of hydrogen-bond donors (Lipinski definition) is 0. The third-order valence-corrected chi connectivity index (χ3v) is 5.05. The van der Waals surface area contributed by atoms with Crippen molar-refractivity contribution in [2.24, 2.45) is 5.41 Å². The van der Waals surface area contributed by atoms with E-state index < -0.39 is 0 Å². The quantitative estimate of drug-likeness (QED) is 0.775. The molecule has 1 unspecified atom stereocenters. The number of carbonyl (C=O) groups is 2. The minimum Gasteiger partial charge on any atom is -0.342 e. The lowest BCUT2D eigenvalue weighted by atomic mass is 9.85. The number of rotatable bonds is 5. The van der Waals surface area contributed by atoms with Gasteiger partial charge in [-0.25, -0.2) is 4.68 Å². The highest BCUT2D eigenvalue weighted by Crippen LogP contribution is 2.40. The Morgan fingerprint density at radius 2 is 2.04 bits per heavy atom. The Labute approximate surface area is 135 Å². The molecule has 3 heterocycles. The zero-order valence-corrected chi connectivity index (χ0v) is 13.9. The molecule has 0 aromatic carbocycles. The van der Waals surface area contributed by atoms with E-state index in [0.717, 1.165) is 32.4 Å². The first-order valence-corrected chi connectivity index (χ1v) is 8.36. The largest absolute Gasteiger partial charge is 0.342 e. The van der Waals surface area contributed by atoms with Gasteiger partial charge in [-0.05, 0) is 36.6 Å². The molecule has 8 nitrogen and oxygen atoms in total. The number of amides is 2. The Balaban J connectivity index is 1.56. The third-order valence-electron chi connectivity index (χ3n) is 5.05. The highest BCUT2D eigenvalue weighted by atomic mass is 16.2. The van der Waals surface area contributed by atoms with E-state index in [0.29, 0.717) is 31.9 Å². The second-order valence-electron chi connectivity index (χ2n) is 6.59. The summed E-state index contributed by atoms with van der Waals surface area (Å²) in [6, 6.07) is 0. The van der Waals surface area contributed by atoms with E-state index in [2.05, 4.69) is 22.4 Å². The molecule has 0 aliphatic carbocycles. The first kappa shape index (κ1) is 15.9. The molecular weight excluding hydrogens is 296 g/mol. The maximum Gasteiger partial charge on any atom is 0.230 e. The van der Waals surface area contributed by atoms with Crippen LogP contribution in [0.4, 0.5) is 0 Å². The molecule has 1 aromatic heterocycles. The van der Waals surface area contributed by atoms with Crippen LogP contribution < -0.4 is 0 Å². The van der Waals surface area contributed by atoms with Crippen molar-refractivity contribution < 1.29 is 9.59 Å². The van der Waals surface area contributed by atoms with Gasteiger partial charge in [0.05, 0.1) is 12.0 Å². The van der Waals surface area contributed by atoms with Crippen molar-refractivity contribution in [2.75, 3.05) is 26.2 Å². The third kappa shape index (κ3) is 2.94. The van der Waals surface area contributed by atoms with E-state index >= 15 is 0 Å². The van der Waals surface area contributed by atoms with Crippen molar-refractivity contribution in [2.45, 2.75) is 46.1 Å². The van der Waals surface area contributed by atoms with E-state index in [-0.39, 0.29) is 17.2 Å². The van der Waals surface area contributed by atoms with Crippen molar-refractivity contribution in [1.29, 1.82) is 0 Å². The molecule has 1 atom stereocenters. The minimum atomic E-state index is -0.324. The molecular formula is C15H24N6O2. The molecule has 2 aliphatic rings. The predicted octanol–water partition coefficient (Wildman–Crippen LogP) is 0.233. The Hall–Kier alpha value is -1.99. The molecule has 0 saturated carbocycles. The van der Waals surface area contributed by atoms with Crippen LogP contribution in [0.2, 0.25) is 0 Å². The molecule has 1 aromatic rings. The lowest BCUT2D eigenvalue weighted by Crippen LogP contribution is -2.38. The number of aromatic nitrogens is 4. The van der Waals surface area contributed by atoms with Crippen LogP contribution in [0.3, 0.4) is 0 Å². The van der Waals surface area contributed by atoms with Crippen LogP contribution in [0.15, 0.2) is 0 Å². The molecule has 2 saturated heterocycles. The Bertz CT molecular complexity index is 601. The fraction of sp³-hybridized carbons (Fsp3) is 0.800. The average molecular weight is 320 g/mol. The summed E-state index contributed by atoms with van der Waals surface area (Å²) in [7, 11) is 0. The van der Waals surface area contributed by atoms with E-state index in [1.807, 2.05) is 16.7 Å². The second-order valence-corrected chi connectivity index (χ2v) is 6.59. The predicted molar refractivity (Wildman–Crippen MR) is 82.3 cm³/mol. The summed E-state index contributed by atoms with van der Waals surface area (Å²) in [4.78, 5) is 28.9. The van der Waals surface area contributed by atoms with Gasteiger partial charge in [-0.1, -0.05) is 6.92 Å². The van der Waals surface area contributed by atoms with Crippen molar-refractivity contribution in [3.05, 3.63) is 5.82 Å². The number of carbonyl (C=O) groups excluding carboxylic acids is 2. The number of nitrogens with zero attached hydrogens (tertiary/aromatic N) is 6. The Morgan fingerprint density at radius 1 is 1.26 bits per heavy atom. The van der Waals surface area contributed by atoms with Gasteiger partial charge in [0.2, 0.25) is 11.8 Å². The van der Waals surface area contributed by atoms with E-state index in [9.17, 15) is 9.59 Å². The SMILES string of the molecule is CCCN1CCC2(CCN(C(=O)CCn3nnnc3C)C2)C1=O. The second kappa shape index (κ2) is 6.25. The molecule has 2 fully saturated rings. The minimum absolute atomic E-state index is 0.0820. The van der Waals surface area contributed by atoms with Gasteiger partial charge in [0.1, 0.15) is 5.82 Å². The van der Waals surface area contributed by atoms with Gasteiger partial charge in [-0.3, -0.25) is 9.59 Å². The molecule has 0 bridgehead atoms. The molecule has 0 radical (unpaired) electrons. The summed E-state index contributed by atoms with van der Waals surface area (Å²) < 4.78 is 1.63. The monoisotopic (exact) mass is 320 g/mol. The molecule has 126 valence electrons. The summed E-state index contributed by atoms with van der Waals surface area (Å²) in [6.07, 6.45) is 3.02.